The highest BCUT2D eigenvalue weighted by Gasteiger charge is 2.30. The molecule has 3 amide bonds. The van der Waals surface area contributed by atoms with Gasteiger partial charge < -0.3 is 24.3 Å². The third-order valence-corrected chi connectivity index (χ3v) is 3.49. The molecule has 0 radical (unpaired) electrons. The van der Waals surface area contributed by atoms with Crippen molar-refractivity contribution in [2.75, 3.05) is 39.9 Å². The third kappa shape index (κ3) is 3.75. The van der Waals surface area contributed by atoms with Crippen LogP contribution in [0.25, 0.3) is 0 Å². The SMILES string of the molecule is COCCNC(=O)N1CCN(C(=O)c2ccco2)CC1C. The Morgan fingerprint density at radius 2 is 2.29 bits per heavy atom. The molecule has 7 heteroatoms. The zero-order valence-corrected chi connectivity index (χ0v) is 12.4. The number of urea groups is 1. The zero-order valence-electron chi connectivity index (χ0n) is 12.4. The number of carbonyl (C=O) groups is 2. The van der Waals surface area contributed by atoms with Gasteiger partial charge in [0.15, 0.2) is 5.76 Å². The van der Waals surface area contributed by atoms with Crippen molar-refractivity contribution in [2.24, 2.45) is 0 Å². The number of amides is 3. The summed E-state index contributed by atoms with van der Waals surface area (Å²) in [5, 5.41) is 2.80. The summed E-state index contributed by atoms with van der Waals surface area (Å²) in [6, 6.07) is 3.18. The number of methoxy groups -OCH3 is 1. The molecule has 0 spiro atoms. The highest BCUT2D eigenvalue weighted by atomic mass is 16.5. The lowest BCUT2D eigenvalue weighted by molar-refractivity contribution is 0.0549. The van der Waals surface area contributed by atoms with Gasteiger partial charge in [0, 0.05) is 39.3 Å². The smallest absolute Gasteiger partial charge is 0.317 e. The van der Waals surface area contributed by atoms with Crippen molar-refractivity contribution in [3.63, 3.8) is 0 Å². The van der Waals surface area contributed by atoms with Crippen molar-refractivity contribution in [1.29, 1.82) is 0 Å². The number of furan rings is 1. The molecule has 2 rings (SSSR count). The lowest BCUT2D eigenvalue weighted by atomic mass is 10.2. The predicted molar refractivity (Wildman–Crippen MR) is 76.1 cm³/mol. The van der Waals surface area contributed by atoms with Crippen molar-refractivity contribution in [3.05, 3.63) is 24.2 Å². The Labute approximate surface area is 123 Å². The first-order valence-electron chi connectivity index (χ1n) is 6.99. The first-order valence-corrected chi connectivity index (χ1v) is 6.99. The van der Waals surface area contributed by atoms with Gasteiger partial charge >= 0.3 is 6.03 Å². The summed E-state index contributed by atoms with van der Waals surface area (Å²) >= 11 is 0. The third-order valence-electron chi connectivity index (χ3n) is 3.49. The number of hydrogen-bond donors (Lipinski definition) is 1. The molecule has 1 unspecified atom stereocenters. The minimum Gasteiger partial charge on any atom is -0.459 e. The number of nitrogens with zero attached hydrogens (tertiary/aromatic N) is 2. The maximum Gasteiger partial charge on any atom is 0.317 e. The van der Waals surface area contributed by atoms with Gasteiger partial charge in [-0.3, -0.25) is 4.79 Å². The molecule has 1 aliphatic heterocycles. The normalized spacial score (nSPS) is 18.7. The Bertz CT molecular complexity index is 475. The largest absolute Gasteiger partial charge is 0.459 e. The summed E-state index contributed by atoms with van der Waals surface area (Å²) in [7, 11) is 1.59. The number of rotatable bonds is 4. The molecule has 7 nitrogen and oxygen atoms in total. The number of ether oxygens (including phenoxy) is 1. The van der Waals surface area contributed by atoms with Gasteiger partial charge in [-0.15, -0.1) is 0 Å². The molecular weight excluding hydrogens is 274 g/mol. The second-order valence-electron chi connectivity index (χ2n) is 5.00. The fourth-order valence-electron chi connectivity index (χ4n) is 2.36. The van der Waals surface area contributed by atoms with Gasteiger partial charge in [-0.1, -0.05) is 0 Å². The van der Waals surface area contributed by atoms with E-state index in [9.17, 15) is 9.59 Å². The van der Waals surface area contributed by atoms with Gasteiger partial charge in [-0.2, -0.15) is 0 Å². The van der Waals surface area contributed by atoms with Gasteiger partial charge in [0.2, 0.25) is 0 Å². The number of nitrogens with one attached hydrogen (secondary N) is 1. The number of piperazine rings is 1. The second kappa shape index (κ2) is 7.12. The van der Waals surface area contributed by atoms with Crippen LogP contribution in [0.3, 0.4) is 0 Å². The lowest BCUT2D eigenvalue weighted by Gasteiger charge is -2.39. The summed E-state index contributed by atoms with van der Waals surface area (Å²) in [6.45, 7) is 4.40. The van der Waals surface area contributed by atoms with E-state index in [2.05, 4.69) is 5.32 Å². The van der Waals surface area contributed by atoms with Crippen LogP contribution in [0.15, 0.2) is 22.8 Å². The van der Waals surface area contributed by atoms with Gasteiger partial charge in [-0.25, -0.2) is 4.79 Å². The van der Waals surface area contributed by atoms with Crippen LogP contribution in [-0.2, 0) is 4.74 Å². The van der Waals surface area contributed by atoms with E-state index < -0.39 is 0 Å². The van der Waals surface area contributed by atoms with Crippen LogP contribution >= 0.6 is 0 Å². The Kier molecular flexibility index (Phi) is 5.21. The molecule has 1 atom stereocenters. The van der Waals surface area contributed by atoms with Gasteiger partial charge in [0.05, 0.1) is 12.9 Å². The van der Waals surface area contributed by atoms with E-state index in [-0.39, 0.29) is 18.0 Å². The first-order chi connectivity index (χ1) is 10.1. The number of hydrogen-bond acceptors (Lipinski definition) is 4. The summed E-state index contributed by atoms with van der Waals surface area (Å²) in [5.74, 6) is 0.200. The Morgan fingerprint density at radius 1 is 1.48 bits per heavy atom. The molecule has 1 N–H and O–H groups in total. The molecule has 1 aromatic rings. The topological polar surface area (TPSA) is 75.0 Å². The highest BCUT2D eigenvalue weighted by molar-refractivity contribution is 5.91. The van der Waals surface area contributed by atoms with E-state index in [1.165, 1.54) is 6.26 Å². The van der Waals surface area contributed by atoms with Crippen LogP contribution < -0.4 is 5.32 Å². The molecule has 0 aliphatic carbocycles. The molecule has 1 aromatic heterocycles. The predicted octanol–water partition coefficient (Wildman–Crippen LogP) is 0.782. The van der Waals surface area contributed by atoms with E-state index in [1.54, 1.807) is 29.0 Å². The molecule has 0 aromatic carbocycles. The molecule has 0 saturated carbocycles. The molecule has 2 heterocycles. The fraction of sp³-hybridized carbons (Fsp3) is 0.571. The van der Waals surface area contributed by atoms with Crippen molar-refractivity contribution >= 4 is 11.9 Å². The standard InChI is InChI=1S/C14H21N3O4/c1-11-10-16(13(18)12-4-3-8-21-12)6-7-17(11)14(19)15-5-9-20-2/h3-4,8,11H,5-7,9-10H2,1-2H3,(H,15,19). The quantitative estimate of drug-likeness (QED) is 0.833. The Hall–Kier alpha value is -2.02. The Balaban J connectivity index is 1.87. The molecular formula is C14H21N3O4. The van der Waals surface area contributed by atoms with E-state index in [0.717, 1.165) is 0 Å². The molecule has 116 valence electrons. The van der Waals surface area contributed by atoms with Crippen molar-refractivity contribution in [2.45, 2.75) is 13.0 Å². The second-order valence-corrected chi connectivity index (χ2v) is 5.00. The van der Waals surface area contributed by atoms with Crippen molar-refractivity contribution in [1.82, 2.24) is 15.1 Å². The maximum absolute atomic E-state index is 12.2. The zero-order chi connectivity index (χ0) is 15.2. The average molecular weight is 295 g/mol. The summed E-state index contributed by atoms with van der Waals surface area (Å²) < 4.78 is 10.0. The molecule has 1 saturated heterocycles. The monoisotopic (exact) mass is 295 g/mol. The number of carbonyl (C=O) groups excluding carboxylic acids is 2. The lowest BCUT2D eigenvalue weighted by Crippen LogP contribution is -2.57. The van der Waals surface area contributed by atoms with Crippen LogP contribution in [-0.4, -0.2) is 67.7 Å². The summed E-state index contributed by atoms with van der Waals surface area (Å²) in [4.78, 5) is 27.7. The molecule has 21 heavy (non-hydrogen) atoms. The van der Waals surface area contributed by atoms with E-state index >= 15 is 0 Å². The molecule has 1 aliphatic rings. The van der Waals surface area contributed by atoms with Crippen LogP contribution in [0.1, 0.15) is 17.5 Å². The van der Waals surface area contributed by atoms with Crippen LogP contribution in [0.4, 0.5) is 4.79 Å². The minimum atomic E-state index is -0.133. The van der Waals surface area contributed by atoms with E-state index in [0.29, 0.717) is 38.5 Å². The van der Waals surface area contributed by atoms with Gasteiger partial charge in [-0.05, 0) is 19.1 Å². The average Bonchev–Trinajstić information content (AvgIpc) is 3.00. The first kappa shape index (κ1) is 15.4. The van der Waals surface area contributed by atoms with Crippen molar-refractivity contribution in [3.8, 4) is 0 Å². The van der Waals surface area contributed by atoms with Gasteiger partial charge in [0.25, 0.3) is 5.91 Å². The van der Waals surface area contributed by atoms with Gasteiger partial charge in [0.1, 0.15) is 0 Å². The Morgan fingerprint density at radius 3 is 2.90 bits per heavy atom. The molecule has 1 fully saturated rings. The molecule has 0 bridgehead atoms. The van der Waals surface area contributed by atoms with Crippen LogP contribution in [0, 0.1) is 0 Å². The summed E-state index contributed by atoms with van der Waals surface area (Å²) in [5.41, 5.74) is 0. The minimum absolute atomic E-state index is 0.0415. The van der Waals surface area contributed by atoms with E-state index in [1.807, 2.05) is 6.92 Å². The van der Waals surface area contributed by atoms with E-state index in [4.69, 9.17) is 9.15 Å². The van der Waals surface area contributed by atoms with Crippen LogP contribution in [0.2, 0.25) is 0 Å². The maximum atomic E-state index is 12.2. The highest BCUT2D eigenvalue weighted by Crippen LogP contribution is 2.13. The van der Waals surface area contributed by atoms with Crippen molar-refractivity contribution < 1.29 is 18.7 Å². The summed E-state index contributed by atoms with van der Waals surface area (Å²) in [6.07, 6.45) is 1.48. The van der Waals surface area contributed by atoms with Crippen LogP contribution in [0.5, 0.6) is 0 Å². The fourth-order valence-corrected chi connectivity index (χ4v) is 2.36.